The van der Waals surface area contributed by atoms with E-state index in [1.165, 1.54) is 16.7 Å². The van der Waals surface area contributed by atoms with E-state index in [4.69, 9.17) is 0 Å². The Bertz CT molecular complexity index is 818. The number of fused-ring (bicyclic) bond motifs is 2. The van der Waals surface area contributed by atoms with Gasteiger partial charge in [0, 0.05) is 30.3 Å². The van der Waals surface area contributed by atoms with Crippen LogP contribution in [0.3, 0.4) is 0 Å². The molecule has 138 valence electrons. The lowest BCUT2D eigenvalue weighted by molar-refractivity contribution is 0.0677. The number of benzene rings is 1. The molecular formula is C21H26N2O3. The fraction of sp³-hybridized carbons (Fsp3) is 0.476. The minimum Gasteiger partial charge on any atom is -0.494 e. The molecule has 1 aliphatic carbocycles. The van der Waals surface area contributed by atoms with Crippen molar-refractivity contribution in [3.8, 4) is 17.4 Å². The zero-order chi connectivity index (χ0) is 18.6. The highest BCUT2D eigenvalue weighted by molar-refractivity contribution is 5.95. The zero-order valence-electron chi connectivity index (χ0n) is 15.5. The first-order chi connectivity index (χ1) is 12.3. The maximum atomic E-state index is 13.1. The minimum absolute atomic E-state index is 0.0360. The van der Waals surface area contributed by atoms with Gasteiger partial charge in [0.05, 0.1) is 5.69 Å². The molecule has 1 saturated carbocycles. The van der Waals surface area contributed by atoms with E-state index in [9.17, 15) is 15.0 Å². The summed E-state index contributed by atoms with van der Waals surface area (Å²) in [5, 5.41) is 19.7. The van der Waals surface area contributed by atoms with E-state index in [-0.39, 0.29) is 23.1 Å². The molecular weight excluding hydrogens is 328 g/mol. The largest absolute Gasteiger partial charge is 0.494 e. The van der Waals surface area contributed by atoms with Gasteiger partial charge in [0.25, 0.3) is 5.91 Å². The average molecular weight is 354 g/mol. The molecule has 2 aliphatic rings. The number of carbonyl (C=O) groups excluding carboxylic acids is 1. The van der Waals surface area contributed by atoms with Crippen molar-refractivity contribution in [2.75, 3.05) is 6.54 Å². The van der Waals surface area contributed by atoms with Crippen molar-refractivity contribution < 1.29 is 15.0 Å². The Labute approximate surface area is 153 Å². The van der Waals surface area contributed by atoms with Gasteiger partial charge in [-0.25, -0.2) is 0 Å². The van der Waals surface area contributed by atoms with Crippen LogP contribution in [0.5, 0.6) is 11.8 Å². The molecule has 3 atom stereocenters. The molecule has 3 unspecified atom stereocenters. The average Bonchev–Trinajstić information content (AvgIpc) is 3.13. The molecule has 1 aromatic carbocycles. The Hall–Kier alpha value is -2.43. The van der Waals surface area contributed by atoms with E-state index in [0.717, 1.165) is 19.4 Å². The molecule has 5 nitrogen and oxygen atoms in total. The fourth-order valence-corrected chi connectivity index (χ4v) is 4.79. The quantitative estimate of drug-likeness (QED) is 0.862. The standard InChI is InChI=1S/C21H26N2O3/c1-13-15-10-17(11-21(13,2)3)22(12-15)20(26)14-4-6-16(7-5-14)23-18(24)8-9-19(23)25/h4-9,13,15,17,24-25H,10-12H2,1-3H3. The van der Waals surface area contributed by atoms with Crippen LogP contribution in [0.4, 0.5) is 0 Å². The van der Waals surface area contributed by atoms with Crippen LogP contribution in [-0.2, 0) is 0 Å². The minimum atomic E-state index is -0.0360. The van der Waals surface area contributed by atoms with Gasteiger partial charge < -0.3 is 15.1 Å². The lowest BCUT2D eigenvalue weighted by Crippen LogP contribution is -2.39. The van der Waals surface area contributed by atoms with Gasteiger partial charge in [0.1, 0.15) is 0 Å². The molecule has 26 heavy (non-hydrogen) atoms. The summed E-state index contributed by atoms with van der Waals surface area (Å²) in [7, 11) is 0. The Balaban J connectivity index is 1.56. The number of hydrogen-bond acceptors (Lipinski definition) is 3. The predicted octanol–water partition coefficient (Wildman–Crippen LogP) is 3.79. The number of rotatable bonds is 2. The van der Waals surface area contributed by atoms with E-state index < -0.39 is 0 Å². The molecule has 2 fully saturated rings. The summed E-state index contributed by atoms with van der Waals surface area (Å²) in [6.45, 7) is 7.79. The summed E-state index contributed by atoms with van der Waals surface area (Å²) in [5.41, 5.74) is 1.55. The van der Waals surface area contributed by atoms with Gasteiger partial charge in [-0.3, -0.25) is 9.36 Å². The third-order valence-corrected chi connectivity index (χ3v) is 6.62. The summed E-state index contributed by atoms with van der Waals surface area (Å²) in [5.74, 6) is 1.21. The molecule has 2 N–H and O–H groups in total. The van der Waals surface area contributed by atoms with Gasteiger partial charge in [-0.2, -0.15) is 0 Å². The normalized spacial score (nSPS) is 26.9. The molecule has 0 radical (unpaired) electrons. The van der Waals surface area contributed by atoms with Crippen LogP contribution in [0.2, 0.25) is 0 Å². The summed E-state index contributed by atoms with van der Waals surface area (Å²) in [6.07, 6.45) is 2.17. The van der Waals surface area contributed by atoms with Crippen molar-refractivity contribution in [2.45, 2.75) is 39.7 Å². The third-order valence-electron chi connectivity index (χ3n) is 6.62. The van der Waals surface area contributed by atoms with Crippen LogP contribution >= 0.6 is 0 Å². The molecule has 1 aromatic heterocycles. The fourth-order valence-electron chi connectivity index (χ4n) is 4.79. The molecule has 0 spiro atoms. The maximum Gasteiger partial charge on any atom is 0.254 e. The van der Waals surface area contributed by atoms with Crippen molar-refractivity contribution in [1.29, 1.82) is 0 Å². The summed E-state index contributed by atoms with van der Waals surface area (Å²) in [4.78, 5) is 15.1. The number of nitrogens with zero attached hydrogens (tertiary/aromatic N) is 2. The summed E-state index contributed by atoms with van der Waals surface area (Å²) >= 11 is 0. The maximum absolute atomic E-state index is 13.1. The molecule has 1 aliphatic heterocycles. The van der Waals surface area contributed by atoms with Crippen molar-refractivity contribution in [2.24, 2.45) is 17.3 Å². The third kappa shape index (κ3) is 2.57. The van der Waals surface area contributed by atoms with Gasteiger partial charge in [-0.05, 0) is 54.4 Å². The Kier molecular flexibility index (Phi) is 3.79. The molecule has 2 aromatic rings. The van der Waals surface area contributed by atoms with Gasteiger partial charge in [0.2, 0.25) is 0 Å². The van der Waals surface area contributed by atoms with E-state index >= 15 is 0 Å². The molecule has 1 saturated heterocycles. The highest BCUT2D eigenvalue weighted by Gasteiger charge is 2.48. The second-order valence-electron chi connectivity index (χ2n) is 8.52. The first kappa shape index (κ1) is 17.0. The van der Waals surface area contributed by atoms with E-state index in [0.29, 0.717) is 29.1 Å². The second-order valence-corrected chi connectivity index (χ2v) is 8.52. The van der Waals surface area contributed by atoms with E-state index in [1.807, 2.05) is 0 Å². The van der Waals surface area contributed by atoms with Crippen LogP contribution in [-0.4, -0.2) is 38.2 Å². The molecule has 5 heteroatoms. The van der Waals surface area contributed by atoms with Gasteiger partial charge >= 0.3 is 0 Å². The number of aromatic hydroxyl groups is 2. The van der Waals surface area contributed by atoms with Gasteiger partial charge in [-0.1, -0.05) is 20.8 Å². The smallest absolute Gasteiger partial charge is 0.254 e. The van der Waals surface area contributed by atoms with Crippen LogP contribution in [0, 0.1) is 17.3 Å². The first-order valence-corrected chi connectivity index (χ1v) is 9.29. The van der Waals surface area contributed by atoms with E-state index in [1.54, 1.807) is 24.3 Å². The number of likely N-dealkylation sites (tertiary alicyclic amines) is 1. The molecule has 4 rings (SSSR count). The number of amides is 1. The summed E-state index contributed by atoms with van der Waals surface area (Å²) < 4.78 is 1.33. The van der Waals surface area contributed by atoms with Crippen LogP contribution in [0.25, 0.3) is 5.69 Å². The van der Waals surface area contributed by atoms with Gasteiger partial charge in [-0.15, -0.1) is 0 Å². The summed E-state index contributed by atoms with van der Waals surface area (Å²) in [6, 6.07) is 10.2. The number of carbonyl (C=O) groups is 1. The Morgan fingerprint density at radius 3 is 2.31 bits per heavy atom. The predicted molar refractivity (Wildman–Crippen MR) is 99.6 cm³/mol. The van der Waals surface area contributed by atoms with Crippen molar-refractivity contribution in [3.05, 3.63) is 42.0 Å². The van der Waals surface area contributed by atoms with Crippen molar-refractivity contribution >= 4 is 5.91 Å². The second kappa shape index (κ2) is 5.79. The lowest BCUT2D eigenvalue weighted by atomic mass is 9.65. The topological polar surface area (TPSA) is 65.7 Å². The number of aromatic nitrogens is 1. The van der Waals surface area contributed by atoms with Crippen LogP contribution in [0.1, 0.15) is 44.0 Å². The van der Waals surface area contributed by atoms with Gasteiger partial charge in [0.15, 0.2) is 11.8 Å². The molecule has 2 bridgehead atoms. The molecule has 1 amide bonds. The lowest BCUT2D eigenvalue weighted by Gasteiger charge is -2.40. The highest BCUT2D eigenvalue weighted by atomic mass is 16.3. The monoisotopic (exact) mass is 354 g/mol. The Morgan fingerprint density at radius 2 is 1.69 bits per heavy atom. The van der Waals surface area contributed by atoms with Crippen LogP contribution in [0.15, 0.2) is 36.4 Å². The van der Waals surface area contributed by atoms with Crippen molar-refractivity contribution in [1.82, 2.24) is 9.47 Å². The van der Waals surface area contributed by atoms with Crippen molar-refractivity contribution in [3.63, 3.8) is 0 Å². The SMILES string of the molecule is CC1C2CC(CC1(C)C)N(C(=O)c1ccc(-n3c(O)ccc3O)cc1)C2. The Morgan fingerprint density at radius 1 is 1.08 bits per heavy atom. The highest BCUT2D eigenvalue weighted by Crippen LogP contribution is 2.49. The van der Waals surface area contributed by atoms with E-state index in [2.05, 4.69) is 25.7 Å². The first-order valence-electron chi connectivity index (χ1n) is 9.29. The number of hydrogen-bond donors (Lipinski definition) is 2. The zero-order valence-corrected chi connectivity index (χ0v) is 15.5. The molecule has 2 heterocycles. The van der Waals surface area contributed by atoms with Crippen LogP contribution < -0.4 is 0 Å².